The van der Waals surface area contributed by atoms with Crippen LogP contribution in [0, 0.1) is 5.92 Å². The number of epoxide rings is 1. The van der Waals surface area contributed by atoms with Gasteiger partial charge in [-0.1, -0.05) is 63.9 Å². The van der Waals surface area contributed by atoms with E-state index >= 15 is 0 Å². The number of alkyl carbamates (subject to hydrolysis) is 1. The fourth-order valence-corrected chi connectivity index (χ4v) is 7.67. The molecule has 1 aromatic carbocycles. The van der Waals surface area contributed by atoms with Crippen LogP contribution in [0.15, 0.2) is 35.9 Å². The summed E-state index contributed by atoms with van der Waals surface area (Å²) in [6, 6.07) is 3.66. The number of carbonyl (C=O) groups is 3. The fourth-order valence-electron chi connectivity index (χ4n) is 6.10. The molecule has 0 spiro atoms. The molecule has 0 aliphatic carbocycles. The van der Waals surface area contributed by atoms with Gasteiger partial charge in [-0.15, -0.1) is 0 Å². The Morgan fingerprint density at radius 2 is 2.06 bits per heavy atom. The van der Waals surface area contributed by atoms with Crippen molar-refractivity contribution in [2.45, 2.75) is 95.5 Å². The van der Waals surface area contributed by atoms with Gasteiger partial charge in [-0.2, -0.15) is 0 Å². The second kappa shape index (κ2) is 16.5. The molecular formula is C34H47ClN2O9S2. The van der Waals surface area contributed by atoms with Gasteiger partial charge in [0.05, 0.1) is 25.3 Å². The summed E-state index contributed by atoms with van der Waals surface area (Å²) in [4.78, 5) is 41.3. The predicted octanol–water partition coefficient (Wildman–Crippen LogP) is 5.85. The van der Waals surface area contributed by atoms with E-state index in [2.05, 4.69) is 5.32 Å². The lowest BCUT2D eigenvalue weighted by Gasteiger charge is -2.39. The van der Waals surface area contributed by atoms with Crippen LogP contribution >= 0.6 is 33.2 Å². The molecule has 4 rings (SSSR count). The summed E-state index contributed by atoms with van der Waals surface area (Å²) < 4.78 is 29.2. The number of amides is 2. The Kier molecular flexibility index (Phi) is 13.2. The van der Waals surface area contributed by atoms with Gasteiger partial charge in [-0.05, 0) is 57.6 Å². The van der Waals surface area contributed by atoms with E-state index in [1.165, 1.54) is 12.0 Å². The number of methoxy groups -OCH3 is 1. The van der Waals surface area contributed by atoms with Crippen LogP contribution in [-0.4, -0.2) is 91.6 Å². The van der Waals surface area contributed by atoms with E-state index in [4.69, 9.17) is 35.3 Å². The first-order valence-electron chi connectivity index (χ1n) is 16.0. The smallest absolute Gasteiger partial charge is 0.409 e. The fraction of sp³-hybridized carbons (Fsp3) is 0.618. The van der Waals surface area contributed by atoms with Crippen LogP contribution in [0.4, 0.5) is 10.5 Å². The van der Waals surface area contributed by atoms with E-state index in [-0.39, 0.29) is 30.2 Å². The van der Waals surface area contributed by atoms with Crippen LogP contribution in [0.25, 0.3) is 0 Å². The third kappa shape index (κ3) is 9.42. The molecule has 2 N–H and O–H groups in total. The van der Waals surface area contributed by atoms with Crippen molar-refractivity contribution in [1.82, 2.24) is 5.32 Å². The second-order valence-corrected chi connectivity index (χ2v) is 15.8. The number of anilines is 1. The molecule has 266 valence electrons. The van der Waals surface area contributed by atoms with E-state index in [0.717, 1.165) is 23.3 Å². The van der Waals surface area contributed by atoms with Gasteiger partial charge in [0.2, 0.25) is 5.91 Å². The molecule has 7 atom stereocenters. The molecule has 0 saturated carbocycles. The van der Waals surface area contributed by atoms with Gasteiger partial charge in [0, 0.05) is 38.2 Å². The van der Waals surface area contributed by atoms with E-state index in [9.17, 15) is 19.5 Å². The van der Waals surface area contributed by atoms with Gasteiger partial charge in [0.15, 0.2) is 6.10 Å². The highest BCUT2D eigenvalue weighted by atomic mass is 35.5. The van der Waals surface area contributed by atoms with Crippen molar-refractivity contribution >= 4 is 56.8 Å². The Bertz CT molecular complexity index is 1410. The second-order valence-electron chi connectivity index (χ2n) is 12.8. The Morgan fingerprint density at radius 3 is 2.77 bits per heavy atom. The van der Waals surface area contributed by atoms with Crippen LogP contribution in [0.2, 0.25) is 5.02 Å². The van der Waals surface area contributed by atoms with Gasteiger partial charge in [0.1, 0.15) is 34.3 Å². The summed E-state index contributed by atoms with van der Waals surface area (Å²) in [6.07, 6.45) is 5.03. The van der Waals surface area contributed by atoms with Gasteiger partial charge in [0.25, 0.3) is 0 Å². The van der Waals surface area contributed by atoms with E-state index in [1.807, 2.05) is 44.4 Å². The molecule has 11 nitrogen and oxygen atoms in total. The Balaban J connectivity index is 1.67. The maximum absolute atomic E-state index is 14.0. The van der Waals surface area contributed by atoms with Crippen LogP contribution in [0.3, 0.4) is 0 Å². The van der Waals surface area contributed by atoms with Crippen LogP contribution < -0.4 is 15.0 Å². The SMILES string of the molecule is COc1cc2cc(c1Cl)N(C)C(=O)C[C@H](OC(=O)[C@H](C)OCCCSSC)[C@]1(C)O[C@H]1[C@H](C)[C@@H]1C[C@](O)(C/C=C/C=C(\C)C2)NC(=O)O1. The molecule has 48 heavy (non-hydrogen) atoms. The van der Waals surface area contributed by atoms with Crippen molar-refractivity contribution in [3.8, 4) is 5.75 Å². The van der Waals surface area contributed by atoms with Crippen LogP contribution in [-0.2, 0) is 35.0 Å². The highest BCUT2D eigenvalue weighted by molar-refractivity contribution is 8.76. The van der Waals surface area contributed by atoms with E-state index in [1.54, 1.807) is 48.6 Å². The summed E-state index contributed by atoms with van der Waals surface area (Å²) in [6.45, 7) is 7.59. The number of fused-ring (bicyclic) bond motifs is 5. The molecule has 1 aromatic rings. The first-order valence-corrected chi connectivity index (χ1v) is 19.1. The quantitative estimate of drug-likeness (QED) is 0.137. The van der Waals surface area contributed by atoms with Crippen molar-refractivity contribution in [1.29, 1.82) is 0 Å². The molecule has 0 aromatic heterocycles. The Morgan fingerprint density at radius 1 is 1.31 bits per heavy atom. The normalized spacial score (nSPS) is 31.8. The lowest BCUT2D eigenvalue weighted by molar-refractivity contribution is -0.165. The number of nitrogens with zero attached hydrogens (tertiary/aromatic N) is 1. The molecule has 2 saturated heterocycles. The number of benzene rings is 1. The molecular weight excluding hydrogens is 680 g/mol. The largest absolute Gasteiger partial charge is 0.495 e. The topological polar surface area (TPSA) is 136 Å². The summed E-state index contributed by atoms with van der Waals surface area (Å²) in [5.41, 5.74) is -0.323. The molecule has 3 aliphatic heterocycles. The zero-order chi connectivity index (χ0) is 35.2. The third-order valence-electron chi connectivity index (χ3n) is 9.02. The summed E-state index contributed by atoms with van der Waals surface area (Å²) in [5, 5.41) is 14.2. The number of hydrogen-bond donors (Lipinski definition) is 2. The van der Waals surface area contributed by atoms with Crippen molar-refractivity contribution in [3.05, 3.63) is 46.5 Å². The number of nitrogens with one attached hydrogen (secondary N) is 1. The standard InChI is InChI=1S/C34H47ClN2O9S2/c1-20-11-8-9-12-34(41)19-26(44-32(40)36-34)21(2)30-33(4,46-30)27(45-31(39)22(3)43-13-10-14-48-47-7)18-28(38)37(5)24-16-23(15-20)17-25(42-6)29(24)35/h8-9,11,16-17,21-22,26-27,30,41H,10,12-15,18-19H2,1-7H3,(H,36,40)/b9-8+,20-11+/t21-,22+,26+,27+,30+,33+,34-/m1/s1. The number of ether oxygens (including phenoxy) is 5. The lowest BCUT2D eigenvalue weighted by Crippen LogP contribution is -2.57. The van der Waals surface area contributed by atoms with Crippen LogP contribution in [0.5, 0.6) is 5.75 Å². The molecule has 2 fully saturated rings. The van der Waals surface area contributed by atoms with Gasteiger partial charge in [-0.25, -0.2) is 9.59 Å². The maximum atomic E-state index is 14.0. The molecule has 14 heteroatoms. The number of rotatable bonds is 9. The van der Waals surface area contributed by atoms with Crippen molar-refractivity contribution in [2.75, 3.05) is 37.7 Å². The predicted molar refractivity (Wildman–Crippen MR) is 189 cm³/mol. The zero-order valence-electron chi connectivity index (χ0n) is 28.6. The monoisotopic (exact) mass is 726 g/mol. The number of esters is 1. The molecule has 3 heterocycles. The van der Waals surface area contributed by atoms with Gasteiger partial charge in [-0.3, -0.25) is 10.1 Å². The van der Waals surface area contributed by atoms with Crippen molar-refractivity contribution in [3.63, 3.8) is 0 Å². The Labute approximate surface area is 295 Å². The zero-order valence-corrected chi connectivity index (χ0v) is 31.0. The highest BCUT2D eigenvalue weighted by Gasteiger charge is 2.64. The number of halogens is 1. The minimum Gasteiger partial charge on any atom is -0.495 e. The minimum atomic E-state index is -1.54. The summed E-state index contributed by atoms with van der Waals surface area (Å²) >= 11 is 6.73. The average molecular weight is 727 g/mol. The molecule has 3 aliphatic rings. The summed E-state index contributed by atoms with van der Waals surface area (Å²) in [5.74, 6) is -0.0923. The van der Waals surface area contributed by atoms with E-state index in [0.29, 0.717) is 24.5 Å². The van der Waals surface area contributed by atoms with E-state index < -0.39 is 53.7 Å². The average Bonchev–Trinajstić information content (AvgIpc) is 3.73. The number of allylic oxidation sites excluding steroid dienone is 3. The third-order valence-corrected chi connectivity index (χ3v) is 11.3. The van der Waals surface area contributed by atoms with Crippen molar-refractivity contribution < 1.29 is 43.2 Å². The molecule has 0 unspecified atom stereocenters. The first kappa shape index (κ1) is 38.4. The Hall–Kier alpha value is -2.42. The van der Waals surface area contributed by atoms with Gasteiger partial charge >= 0.3 is 12.1 Å². The molecule has 4 bridgehead atoms. The van der Waals surface area contributed by atoms with Crippen molar-refractivity contribution in [2.24, 2.45) is 5.92 Å². The van der Waals surface area contributed by atoms with Gasteiger partial charge < -0.3 is 33.7 Å². The number of hydrogen-bond acceptors (Lipinski definition) is 11. The lowest BCUT2D eigenvalue weighted by atomic mass is 9.84. The number of carbonyl (C=O) groups excluding carboxylic acids is 3. The minimum absolute atomic E-state index is 0.110. The van der Waals surface area contributed by atoms with Crippen LogP contribution in [0.1, 0.15) is 58.9 Å². The molecule has 0 radical (unpaired) electrons. The molecule has 2 amide bonds. The highest BCUT2D eigenvalue weighted by Crippen LogP contribution is 2.49. The summed E-state index contributed by atoms with van der Waals surface area (Å²) in [7, 11) is 6.51. The first-order chi connectivity index (χ1) is 22.7. The number of aliphatic hydroxyl groups is 1. The maximum Gasteiger partial charge on any atom is 0.409 e.